The van der Waals surface area contributed by atoms with Gasteiger partial charge in [-0.2, -0.15) is 0 Å². The van der Waals surface area contributed by atoms with Gasteiger partial charge in [0.05, 0.1) is 0 Å². The summed E-state index contributed by atoms with van der Waals surface area (Å²) in [6.45, 7) is 4.20. The maximum atomic E-state index is 6.42. The lowest BCUT2D eigenvalue weighted by molar-refractivity contribution is 1.18. The zero-order valence-electron chi connectivity index (χ0n) is 25.6. The first kappa shape index (κ1) is 29.9. The summed E-state index contributed by atoms with van der Waals surface area (Å²) in [5.74, 6) is 0. The van der Waals surface area contributed by atoms with Gasteiger partial charge in [0, 0.05) is 51.1 Å². The number of anilines is 8. The zero-order chi connectivity index (χ0) is 32.0. The second kappa shape index (κ2) is 13.2. The third kappa shape index (κ3) is 7.49. The zero-order valence-corrected chi connectivity index (χ0v) is 25.6. The number of nitrogens with two attached hydrogens (primary N) is 4. The van der Waals surface area contributed by atoms with E-state index in [9.17, 15) is 0 Å². The lowest BCUT2D eigenvalue weighted by atomic mass is 10.0. The first-order valence-electron chi connectivity index (χ1n) is 15.2. The molecule has 6 aromatic rings. The Kier molecular flexibility index (Phi) is 8.61. The Morgan fingerprint density at radius 3 is 1.65 bits per heavy atom. The molecule has 0 aromatic heterocycles. The van der Waals surface area contributed by atoms with Gasteiger partial charge in [0.15, 0.2) is 0 Å². The molecule has 10 N–H and O–H groups in total. The second-order valence-corrected chi connectivity index (χ2v) is 11.6. The summed E-state index contributed by atoms with van der Waals surface area (Å²) in [6, 6.07) is 42.6. The van der Waals surface area contributed by atoms with Crippen LogP contribution in [0.2, 0.25) is 0 Å². The van der Waals surface area contributed by atoms with Crippen LogP contribution >= 0.6 is 0 Å². The molecule has 0 saturated carbocycles. The van der Waals surface area contributed by atoms with E-state index in [1.54, 1.807) is 6.07 Å². The molecular formula is C40H38N6. The third-order valence-electron chi connectivity index (χ3n) is 7.97. The van der Waals surface area contributed by atoms with Crippen LogP contribution in [0.1, 0.15) is 27.8 Å². The Balaban J connectivity index is 1.11. The van der Waals surface area contributed by atoms with Crippen LogP contribution in [0.25, 0.3) is 12.7 Å². The van der Waals surface area contributed by atoms with Gasteiger partial charge in [-0.05, 0) is 137 Å². The summed E-state index contributed by atoms with van der Waals surface area (Å²) < 4.78 is 0. The Morgan fingerprint density at radius 1 is 0.478 bits per heavy atom. The lowest BCUT2D eigenvalue weighted by Crippen LogP contribution is -2.23. The van der Waals surface area contributed by atoms with Crippen molar-refractivity contribution in [2.75, 3.05) is 33.6 Å². The number of hydrogen-bond donors (Lipinski definition) is 6. The number of nitrogens with one attached hydrogen (secondary N) is 2. The van der Waals surface area contributed by atoms with Crippen LogP contribution in [-0.2, 0) is 12.8 Å². The van der Waals surface area contributed by atoms with Gasteiger partial charge >= 0.3 is 0 Å². The molecule has 0 fully saturated rings. The molecule has 0 unspecified atom stereocenters. The topological polar surface area (TPSA) is 128 Å². The van der Waals surface area contributed by atoms with E-state index >= 15 is 0 Å². The van der Waals surface area contributed by atoms with Crippen LogP contribution in [0, 0.1) is 0 Å². The number of hydrogen-bond acceptors (Lipinski definition) is 6. The van der Waals surface area contributed by atoms with Crippen molar-refractivity contribution < 1.29 is 0 Å². The minimum absolute atomic E-state index is 0.670. The highest BCUT2D eigenvalue weighted by Crippen LogP contribution is 2.25. The maximum absolute atomic E-state index is 6.42. The molecule has 6 rings (SSSR count). The van der Waals surface area contributed by atoms with Crippen molar-refractivity contribution in [2.24, 2.45) is 0 Å². The molecule has 6 heteroatoms. The fourth-order valence-corrected chi connectivity index (χ4v) is 5.38. The van der Waals surface area contributed by atoms with E-state index in [1.165, 1.54) is 11.1 Å². The van der Waals surface area contributed by atoms with Gasteiger partial charge in [-0.3, -0.25) is 0 Å². The second-order valence-electron chi connectivity index (χ2n) is 11.6. The predicted molar refractivity (Wildman–Crippen MR) is 197 cm³/mol. The molecular weight excluding hydrogens is 564 g/mol. The van der Waals surface area contributed by atoms with Crippen molar-refractivity contribution in [3.8, 4) is 0 Å². The van der Waals surface area contributed by atoms with Crippen molar-refractivity contribution in [3.63, 3.8) is 0 Å². The van der Waals surface area contributed by atoms with Crippen LogP contribution in [0.5, 0.6) is 0 Å². The summed E-state index contributed by atoms with van der Waals surface area (Å²) in [4.78, 5) is 0. The number of benzene rings is 6. The Morgan fingerprint density at radius 2 is 1.00 bits per heavy atom. The van der Waals surface area contributed by atoms with E-state index in [0.29, 0.717) is 17.8 Å². The van der Waals surface area contributed by atoms with Crippen molar-refractivity contribution in [2.45, 2.75) is 12.8 Å². The van der Waals surface area contributed by atoms with Crippen molar-refractivity contribution in [3.05, 3.63) is 166 Å². The molecule has 0 aliphatic carbocycles. The largest absolute Gasteiger partial charge is 0.399 e. The van der Waals surface area contributed by atoms with Gasteiger partial charge in [0.1, 0.15) is 0 Å². The third-order valence-corrected chi connectivity index (χ3v) is 7.97. The van der Waals surface area contributed by atoms with Crippen molar-refractivity contribution in [1.29, 1.82) is 0 Å². The summed E-state index contributed by atoms with van der Waals surface area (Å²) in [6.07, 6.45) is 3.56. The summed E-state index contributed by atoms with van der Waals surface area (Å²) in [5.41, 5.74) is 36.8. The molecule has 0 atom stereocenters. The maximum Gasteiger partial charge on any atom is 0.0389 e. The molecule has 0 saturated heterocycles. The van der Waals surface area contributed by atoms with Gasteiger partial charge < -0.3 is 33.6 Å². The van der Waals surface area contributed by atoms with Crippen molar-refractivity contribution >= 4 is 58.2 Å². The van der Waals surface area contributed by atoms with E-state index in [4.69, 9.17) is 22.9 Å². The monoisotopic (exact) mass is 602 g/mol. The lowest BCUT2D eigenvalue weighted by Gasteiger charge is -2.12. The highest BCUT2D eigenvalue weighted by atomic mass is 14.9. The molecule has 228 valence electrons. The average Bonchev–Trinajstić information content (AvgIpc) is 3.05. The van der Waals surface area contributed by atoms with E-state index in [1.807, 2.05) is 60.7 Å². The predicted octanol–water partition coefficient (Wildman–Crippen LogP) is 6.92. The van der Waals surface area contributed by atoms with Gasteiger partial charge in [0.25, 0.3) is 0 Å². The van der Waals surface area contributed by atoms with Crippen LogP contribution in [-0.4, -0.2) is 0 Å². The van der Waals surface area contributed by atoms with Gasteiger partial charge in [-0.25, -0.2) is 0 Å². The molecule has 0 aliphatic rings. The molecule has 46 heavy (non-hydrogen) atoms. The first-order chi connectivity index (χ1) is 22.3. The molecule has 0 amide bonds. The normalized spacial score (nSPS) is 11.3. The molecule has 6 nitrogen and oxygen atoms in total. The Labute approximate surface area is 269 Å². The van der Waals surface area contributed by atoms with Crippen LogP contribution in [0.15, 0.2) is 127 Å². The number of rotatable bonds is 9. The summed E-state index contributed by atoms with van der Waals surface area (Å²) >= 11 is 0. The smallest absolute Gasteiger partial charge is 0.0389 e. The average molecular weight is 603 g/mol. The fourth-order valence-electron chi connectivity index (χ4n) is 5.38. The summed E-state index contributed by atoms with van der Waals surface area (Å²) in [7, 11) is 0. The molecule has 0 bridgehead atoms. The standard InChI is InChI=1S/C40H38N6/c1-26-2-3-29(21-30(26)23-32-24-34(42)10-18-39(32)43)22-31-25-38(17-19-40(31)44)46-36-13-6-28(7-14-36)20-27-4-11-35(12-5-27)45-37-15-8-33(41)9-16-37/h2-19,21,23-25,45-46H,1,20,22,41-44H2/b30-23-. The fraction of sp³-hybridized carbons (Fsp3) is 0.0500. The van der Waals surface area contributed by atoms with E-state index in [-0.39, 0.29) is 0 Å². The molecule has 0 radical (unpaired) electrons. The van der Waals surface area contributed by atoms with Crippen molar-refractivity contribution in [1.82, 2.24) is 0 Å². The van der Waals surface area contributed by atoms with Crippen LogP contribution in [0.4, 0.5) is 45.5 Å². The molecule has 6 aromatic carbocycles. The van der Waals surface area contributed by atoms with E-state index in [2.05, 4.69) is 83.9 Å². The molecule has 0 spiro atoms. The van der Waals surface area contributed by atoms with Crippen LogP contribution in [0.3, 0.4) is 0 Å². The minimum atomic E-state index is 0.670. The van der Waals surface area contributed by atoms with Crippen LogP contribution < -0.4 is 44.0 Å². The Bertz CT molecular complexity index is 2080. The highest BCUT2D eigenvalue weighted by Gasteiger charge is 2.06. The van der Waals surface area contributed by atoms with Gasteiger partial charge in [-0.1, -0.05) is 49.0 Å². The molecule has 0 aliphatic heterocycles. The van der Waals surface area contributed by atoms with Gasteiger partial charge in [-0.15, -0.1) is 0 Å². The SMILES string of the molecule is C=c1ccc(Cc2cc(Nc3ccc(Cc4ccc(Nc5ccc(N)cc5)cc4)cc3)ccc2N)c/c1=C/c1cc(N)ccc1N. The van der Waals surface area contributed by atoms with E-state index in [0.717, 1.165) is 67.7 Å². The first-order valence-corrected chi connectivity index (χ1v) is 15.2. The quantitative estimate of drug-likeness (QED) is 0.0997. The summed E-state index contributed by atoms with van der Waals surface area (Å²) in [5, 5.41) is 8.85. The Hall–Kier alpha value is -6.14. The highest BCUT2D eigenvalue weighted by molar-refractivity contribution is 5.69. The minimum Gasteiger partial charge on any atom is -0.399 e. The molecule has 0 heterocycles. The number of nitrogen functional groups attached to an aromatic ring is 4. The van der Waals surface area contributed by atoms with E-state index < -0.39 is 0 Å². The van der Waals surface area contributed by atoms with Gasteiger partial charge in [0.2, 0.25) is 0 Å².